The smallest absolute Gasteiger partial charge is 0.305 e. The molecule has 0 aliphatic heterocycles. The van der Waals surface area contributed by atoms with Crippen LogP contribution in [0.3, 0.4) is 0 Å². The van der Waals surface area contributed by atoms with E-state index in [9.17, 15) is 14.4 Å². The molecule has 25 heavy (non-hydrogen) atoms. The third-order valence-corrected chi connectivity index (χ3v) is 4.67. The number of carboxylic acids is 1. The van der Waals surface area contributed by atoms with Gasteiger partial charge in [-0.25, -0.2) is 0 Å². The highest BCUT2D eigenvalue weighted by atomic mass is 16.5. The molecular formula is C19H25NO5. The zero-order chi connectivity index (χ0) is 18.3. The average molecular weight is 347 g/mol. The monoisotopic (exact) mass is 347 g/mol. The van der Waals surface area contributed by atoms with Crippen LogP contribution in [0.2, 0.25) is 0 Å². The van der Waals surface area contributed by atoms with Gasteiger partial charge in [-0.15, -0.1) is 0 Å². The summed E-state index contributed by atoms with van der Waals surface area (Å²) in [6.07, 6.45) is 4.19. The van der Waals surface area contributed by atoms with Crippen molar-refractivity contribution >= 4 is 17.7 Å². The molecule has 6 nitrogen and oxygen atoms in total. The van der Waals surface area contributed by atoms with Crippen LogP contribution in [0.5, 0.6) is 5.75 Å². The molecule has 0 aromatic heterocycles. The van der Waals surface area contributed by atoms with Crippen molar-refractivity contribution in [1.82, 2.24) is 5.32 Å². The van der Waals surface area contributed by atoms with E-state index in [0.717, 1.165) is 12.8 Å². The van der Waals surface area contributed by atoms with Gasteiger partial charge in [0.15, 0.2) is 5.78 Å². The number of hydrogen-bond donors (Lipinski definition) is 2. The molecule has 1 aliphatic carbocycles. The van der Waals surface area contributed by atoms with E-state index in [1.54, 1.807) is 31.4 Å². The second-order valence-corrected chi connectivity index (χ2v) is 6.61. The van der Waals surface area contributed by atoms with Gasteiger partial charge in [0.05, 0.1) is 19.1 Å². The number of aliphatic carboxylic acids is 1. The van der Waals surface area contributed by atoms with Crippen molar-refractivity contribution in [3.63, 3.8) is 0 Å². The number of nitrogens with one attached hydrogen (secondary N) is 1. The van der Waals surface area contributed by atoms with Gasteiger partial charge >= 0.3 is 5.97 Å². The summed E-state index contributed by atoms with van der Waals surface area (Å²) in [7, 11) is 1.57. The number of ketones is 1. The molecule has 1 aliphatic rings. The van der Waals surface area contributed by atoms with Crippen LogP contribution in [0.15, 0.2) is 24.3 Å². The summed E-state index contributed by atoms with van der Waals surface area (Å²) in [6, 6.07) is 6.88. The third kappa shape index (κ3) is 5.59. The Kier molecular flexibility index (Phi) is 6.56. The minimum absolute atomic E-state index is 0.0171. The molecule has 0 atom stereocenters. The van der Waals surface area contributed by atoms with E-state index in [1.165, 1.54) is 0 Å². The summed E-state index contributed by atoms with van der Waals surface area (Å²) < 4.78 is 5.06. The fourth-order valence-electron chi connectivity index (χ4n) is 3.38. The number of carboxylic acid groups (broad SMARTS) is 1. The second kappa shape index (κ2) is 8.65. The molecule has 0 bridgehead atoms. The zero-order valence-electron chi connectivity index (χ0n) is 14.5. The number of Topliss-reactive ketones (excluding diaryl/α,β-unsaturated/α-hetero) is 1. The molecular weight excluding hydrogens is 322 g/mol. The van der Waals surface area contributed by atoms with Crippen LogP contribution in [0.4, 0.5) is 0 Å². The lowest BCUT2D eigenvalue weighted by molar-refractivity contribution is -0.139. The first-order valence-corrected chi connectivity index (χ1v) is 8.64. The van der Waals surface area contributed by atoms with Crippen molar-refractivity contribution in [3.05, 3.63) is 29.8 Å². The first kappa shape index (κ1) is 19.0. The van der Waals surface area contributed by atoms with Crippen molar-refractivity contribution in [2.75, 3.05) is 7.11 Å². The summed E-state index contributed by atoms with van der Waals surface area (Å²) >= 11 is 0. The number of ether oxygens (including phenoxy) is 1. The van der Waals surface area contributed by atoms with Crippen LogP contribution < -0.4 is 10.1 Å². The highest BCUT2D eigenvalue weighted by Crippen LogP contribution is 2.32. The molecule has 1 fully saturated rings. The molecule has 1 amide bonds. The lowest BCUT2D eigenvalue weighted by Gasteiger charge is -2.28. The normalized spacial score (nSPS) is 15.6. The van der Waals surface area contributed by atoms with Gasteiger partial charge in [0.2, 0.25) is 5.91 Å². The van der Waals surface area contributed by atoms with Gasteiger partial charge in [0, 0.05) is 18.4 Å². The zero-order valence-corrected chi connectivity index (χ0v) is 14.5. The molecule has 0 radical (unpaired) electrons. The average Bonchev–Trinajstić information content (AvgIpc) is 3.01. The summed E-state index contributed by atoms with van der Waals surface area (Å²) in [4.78, 5) is 35.3. The fraction of sp³-hybridized carbons (Fsp3) is 0.526. The van der Waals surface area contributed by atoms with Crippen LogP contribution in [0, 0.1) is 0 Å². The Balaban J connectivity index is 1.79. The minimum Gasteiger partial charge on any atom is -0.497 e. The molecule has 1 aromatic rings. The standard InChI is InChI=1S/C19H25NO5/c1-25-15-9-7-14(8-10-15)16(21)5-4-6-17(22)20-19(13-18(23)24)11-2-3-12-19/h7-10H,2-6,11-13H2,1H3,(H,20,22)(H,23,24). The Morgan fingerprint density at radius 1 is 1.12 bits per heavy atom. The molecule has 0 unspecified atom stereocenters. The highest BCUT2D eigenvalue weighted by molar-refractivity contribution is 5.96. The first-order valence-electron chi connectivity index (χ1n) is 8.64. The van der Waals surface area contributed by atoms with Crippen molar-refractivity contribution in [1.29, 1.82) is 0 Å². The van der Waals surface area contributed by atoms with E-state index >= 15 is 0 Å². The van der Waals surface area contributed by atoms with Crippen molar-refractivity contribution in [2.45, 2.75) is 56.9 Å². The lowest BCUT2D eigenvalue weighted by atomic mass is 9.93. The van der Waals surface area contributed by atoms with Crippen LogP contribution in [-0.4, -0.2) is 35.4 Å². The topological polar surface area (TPSA) is 92.7 Å². The number of carbonyl (C=O) groups is 3. The van der Waals surface area contributed by atoms with Gasteiger partial charge < -0.3 is 15.2 Å². The van der Waals surface area contributed by atoms with Gasteiger partial charge in [-0.05, 0) is 43.5 Å². The van der Waals surface area contributed by atoms with Gasteiger partial charge in [0.1, 0.15) is 5.75 Å². The minimum atomic E-state index is -0.892. The number of benzene rings is 1. The van der Waals surface area contributed by atoms with E-state index in [-0.39, 0.29) is 31.0 Å². The van der Waals surface area contributed by atoms with Crippen LogP contribution in [0.1, 0.15) is 61.7 Å². The Bertz CT molecular complexity index is 617. The van der Waals surface area contributed by atoms with Crippen LogP contribution in [0.25, 0.3) is 0 Å². The van der Waals surface area contributed by atoms with Crippen molar-refractivity contribution in [2.24, 2.45) is 0 Å². The molecule has 0 heterocycles. The quantitative estimate of drug-likeness (QED) is 0.670. The Hall–Kier alpha value is -2.37. The lowest BCUT2D eigenvalue weighted by Crippen LogP contribution is -2.47. The summed E-state index contributed by atoms with van der Waals surface area (Å²) in [6.45, 7) is 0. The summed E-state index contributed by atoms with van der Waals surface area (Å²) in [5.74, 6) is -0.393. The molecule has 6 heteroatoms. The number of carbonyl (C=O) groups excluding carboxylic acids is 2. The first-order chi connectivity index (χ1) is 11.9. The maximum absolute atomic E-state index is 12.2. The molecule has 2 rings (SSSR count). The maximum atomic E-state index is 12.2. The van der Waals surface area contributed by atoms with Crippen LogP contribution >= 0.6 is 0 Å². The predicted molar refractivity (Wildman–Crippen MR) is 92.8 cm³/mol. The maximum Gasteiger partial charge on any atom is 0.305 e. The summed E-state index contributed by atoms with van der Waals surface area (Å²) in [5, 5.41) is 12.0. The number of hydrogen-bond acceptors (Lipinski definition) is 4. The molecule has 0 spiro atoms. The van der Waals surface area contributed by atoms with E-state index in [2.05, 4.69) is 5.32 Å². The number of amides is 1. The molecule has 2 N–H and O–H groups in total. The van der Waals surface area contributed by atoms with Gasteiger partial charge in [-0.3, -0.25) is 14.4 Å². The van der Waals surface area contributed by atoms with E-state index in [0.29, 0.717) is 30.6 Å². The third-order valence-electron chi connectivity index (χ3n) is 4.67. The predicted octanol–water partition coefficient (Wildman–Crippen LogP) is 2.95. The Labute approximate surface area is 147 Å². The fourth-order valence-corrected chi connectivity index (χ4v) is 3.38. The van der Waals surface area contributed by atoms with Gasteiger partial charge in [0.25, 0.3) is 0 Å². The largest absolute Gasteiger partial charge is 0.497 e. The Morgan fingerprint density at radius 2 is 1.76 bits per heavy atom. The van der Waals surface area contributed by atoms with Gasteiger partial charge in [-0.2, -0.15) is 0 Å². The molecule has 136 valence electrons. The van der Waals surface area contributed by atoms with Crippen LogP contribution in [-0.2, 0) is 9.59 Å². The second-order valence-electron chi connectivity index (χ2n) is 6.61. The number of methoxy groups -OCH3 is 1. The highest BCUT2D eigenvalue weighted by Gasteiger charge is 2.37. The van der Waals surface area contributed by atoms with Crippen molar-refractivity contribution in [3.8, 4) is 5.75 Å². The van der Waals surface area contributed by atoms with E-state index in [4.69, 9.17) is 9.84 Å². The van der Waals surface area contributed by atoms with Gasteiger partial charge in [-0.1, -0.05) is 12.8 Å². The Morgan fingerprint density at radius 3 is 2.32 bits per heavy atom. The SMILES string of the molecule is COc1ccc(C(=O)CCCC(=O)NC2(CC(=O)O)CCCC2)cc1. The summed E-state index contributed by atoms with van der Waals surface area (Å²) in [5.41, 5.74) is -0.0116. The molecule has 1 aromatic carbocycles. The van der Waals surface area contributed by atoms with E-state index in [1.807, 2.05) is 0 Å². The molecule has 1 saturated carbocycles. The molecule has 0 saturated heterocycles. The van der Waals surface area contributed by atoms with Crippen molar-refractivity contribution < 1.29 is 24.2 Å². The number of rotatable bonds is 9. The van der Waals surface area contributed by atoms with E-state index < -0.39 is 11.5 Å².